The zero-order valence-corrected chi connectivity index (χ0v) is 11.6. The number of amides is 2. The average Bonchev–Trinajstić information content (AvgIpc) is 2.37. The first-order valence-corrected chi connectivity index (χ1v) is 6.34. The van der Waals surface area contributed by atoms with Gasteiger partial charge in [0.2, 0.25) is 5.91 Å². The van der Waals surface area contributed by atoms with Crippen molar-refractivity contribution in [2.45, 2.75) is 20.8 Å². The Kier molecular flexibility index (Phi) is 5.36. The van der Waals surface area contributed by atoms with Gasteiger partial charge in [0.1, 0.15) is 0 Å². The Hall–Kier alpha value is -2.04. The summed E-state index contributed by atoms with van der Waals surface area (Å²) in [4.78, 5) is 23.1. The Balaban J connectivity index is 2.39. The van der Waals surface area contributed by atoms with Crippen LogP contribution in [0.1, 0.15) is 29.8 Å². The molecule has 0 saturated heterocycles. The predicted molar refractivity (Wildman–Crippen MR) is 75.8 cm³/mol. The van der Waals surface area contributed by atoms with Gasteiger partial charge in [-0.1, -0.05) is 19.9 Å². The van der Waals surface area contributed by atoms with Gasteiger partial charge in [-0.15, -0.1) is 0 Å². The Morgan fingerprint density at radius 2 is 1.84 bits per heavy atom. The van der Waals surface area contributed by atoms with Crippen molar-refractivity contribution in [1.82, 2.24) is 10.6 Å². The fraction of sp³-hybridized carbons (Fsp3) is 0.429. The van der Waals surface area contributed by atoms with Gasteiger partial charge in [-0.3, -0.25) is 9.59 Å². The van der Waals surface area contributed by atoms with Gasteiger partial charge in [-0.25, -0.2) is 0 Å². The van der Waals surface area contributed by atoms with E-state index in [4.69, 9.17) is 5.73 Å². The summed E-state index contributed by atoms with van der Waals surface area (Å²) in [5.41, 5.74) is 7.82. The van der Waals surface area contributed by atoms with Gasteiger partial charge in [0.05, 0.1) is 0 Å². The third-order valence-corrected chi connectivity index (χ3v) is 2.78. The molecule has 19 heavy (non-hydrogen) atoms. The second-order valence-corrected chi connectivity index (χ2v) is 4.77. The molecule has 0 saturated carbocycles. The quantitative estimate of drug-likeness (QED) is 0.549. The average molecular weight is 263 g/mol. The molecule has 0 atom stereocenters. The molecule has 5 nitrogen and oxygen atoms in total. The molecule has 2 amide bonds. The second-order valence-electron chi connectivity index (χ2n) is 4.77. The SMILES string of the molecule is Cc1ccc(C(=O)NCCNC(=O)C(C)C)cc1N. The van der Waals surface area contributed by atoms with E-state index in [1.54, 1.807) is 12.1 Å². The van der Waals surface area contributed by atoms with E-state index in [2.05, 4.69) is 10.6 Å². The molecule has 0 radical (unpaired) electrons. The normalized spacial score (nSPS) is 10.3. The fourth-order valence-corrected chi connectivity index (χ4v) is 1.45. The molecule has 0 heterocycles. The molecule has 0 bridgehead atoms. The summed E-state index contributed by atoms with van der Waals surface area (Å²) in [6, 6.07) is 5.19. The maximum atomic E-state index is 11.8. The molecule has 1 aromatic rings. The van der Waals surface area contributed by atoms with E-state index in [-0.39, 0.29) is 17.7 Å². The minimum atomic E-state index is -0.189. The van der Waals surface area contributed by atoms with Crippen molar-refractivity contribution >= 4 is 17.5 Å². The number of benzene rings is 1. The third-order valence-electron chi connectivity index (χ3n) is 2.78. The summed E-state index contributed by atoms with van der Waals surface area (Å²) in [5.74, 6) is -0.257. The van der Waals surface area contributed by atoms with E-state index in [1.165, 1.54) is 0 Å². The van der Waals surface area contributed by atoms with Crippen molar-refractivity contribution < 1.29 is 9.59 Å². The standard InChI is InChI=1S/C14H21N3O2/c1-9(2)13(18)16-6-7-17-14(19)11-5-4-10(3)12(15)8-11/h4-5,8-9H,6-7,15H2,1-3H3,(H,16,18)(H,17,19). The van der Waals surface area contributed by atoms with Crippen LogP contribution in [0, 0.1) is 12.8 Å². The molecule has 0 unspecified atom stereocenters. The van der Waals surface area contributed by atoms with Gasteiger partial charge < -0.3 is 16.4 Å². The number of hydrogen-bond donors (Lipinski definition) is 3. The van der Waals surface area contributed by atoms with E-state index >= 15 is 0 Å². The summed E-state index contributed by atoms with van der Waals surface area (Å²) in [7, 11) is 0. The van der Waals surface area contributed by atoms with Crippen molar-refractivity contribution in [3.63, 3.8) is 0 Å². The number of hydrogen-bond acceptors (Lipinski definition) is 3. The van der Waals surface area contributed by atoms with Crippen LogP contribution < -0.4 is 16.4 Å². The fourth-order valence-electron chi connectivity index (χ4n) is 1.45. The Morgan fingerprint density at radius 3 is 2.42 bits per heavy atom. The maximum Gasteiger partial charge on any atom is 0.251 e. The highest BCUT2D eigenvalue weighted by Crippen LogP contribution is 2.12. The molecule has 1 aromatic carbocycles. The lowest BCUT2D eigenvalue weighted by Gasteiger charge is -2.09. The molecule has 0 spiro atoms. The smallest absolute Gasteiger partial charge is 0.251 e. The first-order chi connectivity index (χ1) is 8.91. The molecular weight excluding hydrogens is 242 g/mol. The highest BCUT2D eigenvalue weighted by atomic mass is 16.2. The van der Waals surface area contributed by atoms with Crippen LogP contribution in [0.3, 0.4) is 0 Å². The number of nitrogens with one attached hydrogen (secondary N) is 2. The highest BCUT2D eigenvalue weighted by Gasteiger charge is 2.08. The van der Waals surface area contributed by atoms with E-state index < -0.39 is 0 Å². The summed E-state index contributed by atoms with van der Waals surface area (Å²) in [5, 5.41) is 5.46. The maximum absolute atomic E-state index is 11.8. The van der Waals surface area contributed by atoms with Crippen LogP contribution in [-0.4, -0.2) is 24.9 Å². The first kappa shape index (κ1) is 15.0. The number of carbonyl (C=O) groups is 2. The van der Waals surface area contributed by atoms with Crippen LogP contribution in [0.4, 0.5) is 5.69 Å². The van der Waals surface area contributed by atoms with Gasteiger partial charge in [0, 0.05) is 30.3 Å². The Labute approximate surface area is 113 Å². The van der Waals surface area contributed by atoms with Crippen molar-refractivity contribution in [2.24, 2.45) is 5.92 Å². The highest BCUT2D eigenvalue weighted by molar-refractivity contribution is 5.95. The van der Waals surface area contributed by atoms with E-state index in [0.29, 0.717) is 24.3 Å². The number of aryl methyl sites for hydroxylation is 1. The number of nitrogen functional groups attached to an aromatic ring is 1. The van der Waals surface area contributed by atoms with Gasteiger partial charge in [-0.05, 0) is 24.6 Å². The van der Waals surface area contributed by atoms with Gasteiger partial charge in [0.25, 0.3) is 5.91 Å². The molecule has 0 aliphatic heterocycles. The largest absolute Gasteiger partial charge is 0.398 e. The number of carbonyl (C=O) groups excluding carboxylic acids is 2. The monoisotopic (exact) mass is 263 g/mol. The zero-order valence-electron chi connectivity index (χ0n) is 11.6. The number of rotatable bonds is 5. The molecule has 0 aromatic heterocycles. The summed E-state index contributed by atoms with van der Waals surface area (Å²) < 4.78 is 0. The lowest BCUT2D eigenvalue weighted by molar-refractivity contribution is -0.123. The summed E-state index contributed by atoms with van der Waals surface area (Å²) in [6.45, 7) is 6.35. The molecule has 0 aliphatic carbocycles. The van der Waals surface area contributed by atoms with Crippen molar-refractivity contribution in [1.29, 1.82) is 0 Å². The topological polar surface area (TPSA) is 84.2 Å². The van der Waals surface area contributed by atoms with Gasteiger partial charge in [0.15, 0.2) is 0 Å². The summed E-state index contributed by atoms with van der Waals surface area (Å²) >= 11 is 0. The van der Waals surface area contributed by atoms with Gasteiger partial charge in [-0.2, -0.15) is 0 Å². The first-order valence-electron chi connectivity index (χ1n) is 6.34. The Bertz CT molecular complexity index is 470. The number of anilines is 1. The zero-order chi connectivity index (χ0) is 14.4. The minimum Gasteiger partial charge on any atom is -0.398 e. The van der Waals surface area contributed by atoms with Crippen LogP contribution >= 0.6 is 0 Å². The molecule has 1 rings (SSSR count). The van der Waals surface area contributed by atoms with E-state index in [1.807, 2.05) is 26.8 Å². The van der Waals surface area contributed by atoms with Crippen molar-refractivity contribution in [3.05, 3.63) is 29.3 Å². The summed E-state index contributed by atoms with van der Waals surface area (Å²) in [6.07, 6.45) is 0. The third kappa shape index (κ3) is 4.62. The van der Waals surface area contributed by atoms with Crippen molar-refractivity contribution in [2.75, 3.05) is 18.8 Å². The van der Waals surface area contributed by atoms with Gasteiger partial charge >= 0.3 is 0 Å². The van der Waals surface area contributed by atoms with E-state index in [9.17, 15) is 9.59 Å². The van der Waals surface area contributed by atoms with Crippen LogP contribution in [0.2, 0.25) is 0 Å². The lowest BCUT2D eigenvalue weighted by Crippen LogP contribution is -2.36. The predicted octanol–water partition coefficient (Wildman–Crippen LogP) is 1.08. The minimum absolute atomic E-state index is 0.0196. The lowest BCUT2D eigenvalue weighted by atomic mass is 10.1. The number of nitrogens with two attached hydrogens (primary N) is 1. The van der Waals surface area contributed by atoms with Crippen LogP contribution in [-0.2, 0) is 4.79 Å². The molecule has 4 N–H and O–H groups in total. The van der Waals surface area contributed by atoms with Crippen LogP contribution in [0.25, 0.3) is 0 Å². The molecule has 104 valence electrons. The van der Waals surface area contributed by atoms with Crippen LogP contribution in [0.15, 0.2) is 18.2 Å². The molecule has 5 heteroatoms. The van der Waals surface area contributed by atoms with Crippen molar-refractivity contribution in [3.8, 4) is 0 Å². The van der Waals surface area contributed by atoms with E-state index in [0.717, 1.165) is 5.56 Å². The molecular formula is C14H21N3O2. The molecule has 0 fully saturated rings. The molecule has 0 aliphatic rings. The van der Waals surface area contributed by atoms with Crippen LogP contribution in [0.5, 0.6) is 0 Å². The second kappa shape index (κ2) is 6.78. The Morgan fingerprint density at radius 1 is 1.21 bits per heavy atom.